The Morgan fingerprint density at radius 1 is 1.46 bits per heavy atom. The molecule has 1 aliphatic carbocycles. The molecule has 0 amide bonds. The second-order valence-corrected chi connectivity index (χ2v) is 4.14. The molecule has 2 N–H and O–H groups in total. The molecule has 1 fully saturated rings. The first-order valence-corrected chi connectivity index (χ1v) is 5.26. The van der Waals surface area contributed by atoms with Crippen molar-refractivity contribution in [1.29, 1.82) is 0 Å². The molecule has 0 aromatic heterocycles. The largest absolute Gasteiger partial charge is 0.389 e. The van der Waals surface area contributed by atoms with Crippen LogP contribution in [0.3, 0.4) is 0 Å². The Labute approximate surface area is 81.0 Å². The van der Waals surface area contributed by atoms with E-state index in [1.54, 1.807) is 0 Å². The maximum Gasteiger partial charge on any atom is 0.0771 e. The maximum absolute atomic E-state index is 9.98. The van der Waals surface area contributed by atoms with E-state index in [1.807, 2.05) is 0 Å². The van der Waals surface area contributed by atoms with Crippen LogP contribution in [0.15, 0.2) is 12.2 Å². The normalized spacial score (nSPS) is 20.5. The minimum Gasteiger partial charge on any atom is -0.389 e. The lowest BCUT2D eigenvalue weighted by Crippen LogP contribution is -2.38. The summed E-state index contributed by atoms with van der Waals surface area (Å²) in [7, 11) is 0. The van der Waals surface area contributed by atoms with E-state index in [1.165, 1.54) is 18.4 Å². The second kappa shape index (κ2) is 4.77. The van der Waals surface area contributed by atoms with Crippen LogP contribution < -0.4 is 5.32 Å². The van der Waals surface area contributed by atoms with Crippen molar-refractivity contribution >= 4 is 0 Å². The van der Waals surface area contributed by atoms with E-state index < -0.39 is 5.60 Å². The van der Waals surface area contributed by atoms with Crippen LogP contribution in [0.2, 0.25) is 0 Å². The van der Waals surface area contributed by atoms with Crippen molar-refractivity contribution in [1.82, 2.24) is 5.32 Å². The summed E-state index contributed by atoms with van der Waals surface area (Å²) in [6.07, 6.45) is 5.28. The van der Waals surface area contributed by atoms with Gasteiger partial charge in [-0.3, -0.25) is 0 Å². The Hall–Kier alpha value is -0.340. The highest BCUT2D eigenvalue weighted by Crippen LogP contribution is 2.28. The van der Waals surface area contributed by atoms with E-state index in [0.717, 1.165) is 32.4 Å². The molecule has 2 heteroatoms. The van der Waals surface area contributed by atoms with E-state index in [-0.39, 0.29) is 0 Å². The minimum absolute atomic E-state index is 0.423. The zero-order valence-corrected chi connectivity index (χ0v) is 8.60. The number of rotatable bonds is 5. The fourth-order valence-corrected chi connectivity index (χ4v) is 1.81. The summed E-state index contributed by atoms with van der Waals surface area (Å²) in [6.45, 7) is 7.60. The second-order valence-electron chi connectivity index (χ2n) is 4.14. The summed E-state index contributed by atoms with van der Waals surface area (Å²) in [5.74, 6) is 0. The van der Waals surface area contributed by atoms with Gasteiger partial charge in [0, 0.05) is 13.1 Å². The Morgan fingerprint density at radius 3 is 2.62 bits per heavy atom. The molecular formula is C11H21NO. The molecule has 1 saturated carbocycles. The van der Waals surface area contributed by atoms with Crippen molar-refractivity contribution in [3.05, 3.63) is 12.2 Å². The van der Waals surface area contributed by atoms with Crippen molar-refractivity contribution in [2.75, 3.05) is 13.1 Å². The lowest BCUT2D eigenvalue weighted by Gasteiger charge is -2.22. The van der Waals surface area contributed by atoms with Gasteiger partial charge < -0.3 is 10.4 Å². The molecule has 0 aromatic carbocycles. The predicted octanol–water partition coefficient (Wildman–Crippen LogP) is 1.85. The van der Waals surface area contributed by atoms with Crippen molar-refractivity contribution in [2.24, 2.45) is 0 Å². The molecule has 1 rings (SSSR count). The van der Waals surface area contributed by atoms with Gasteiger partial charge in [0.2, 0.25) is 0 Å². The topological polar surface area (TPSA) is 32.3 Å². The van der Waals surface area contributed by atoms with Crippen LogP contribution in [-0.2, 0) is 0 Å². The third-order valence-electron chi connectivity index (χ3n) is 2.86. The van der Waals surface area contributed by atoms with Crippen molar-refractivity contribution in [3.8, 4) is 0 Å². The standard InChI is InChI=1S/C11H21NO/c1-3-10(2)8-12-9-11(13)6-4-5-7-11/h12-13H,2-9H2,1H3. The smallest absolute Gasteiger partial charge is 0.0771 e. The summed E-state index contributed by atoms with van der Waals surface area (Å²) in [5, 5.41) is 13.3. The molecular weight excluding hydrogens is 162 g/mol. The fraction of sp³-hybridized carbons (Fsp3) is 0.818. The third kappa shape index (κ3) is 3.49. The van der Waals surface area contributed by atoms with Gasteiger partial charge in [-0.25, -0.2) is 0 Å². The van der Waals surface area contributed by atoms with Gasteiger partial charge >= 0.3 is 0 Å². The van der Waals surface area contributed by atoms with Crippen LogP contribution in [0.25, 0.3) is 0 Å². The highest BCUT2D eigenvalue weighted by atomic mass is 16.3. The predicted molar refractivity (Wildman–Crippen MR) is 55.7 cm³/mol. The SMILES string of the molecule is C=C(CC)CNCC1(O)CCCC1. The van der Waals surface area contributed by atoms with Gasteiger partial charge in [0.1, 0.15) is 0 Å². The molecule has 0 heterocycles. The van der Waals surface area contributed by atoms with Gasteiger partial charge in [0.25, 0.3) is 0 Å². The first kappa shape index (κ1) is 10.7. The monoisotopic (exact) mass is 183 g/mol. The van der Waals surface area contributed by atoms with Gasteiger partial charge in [0.15, 0.2) is 0 Å². The molecule has 0 atom stereocenters. The van der Waals surface area contributed by atoms with Crippen LogP contribution in [0.5, 0.6) is 0 Å². The molecule has 76 valence electrons. The Bertz CT molecular complexity index is 171. The summed E-state index contributed by atoms with van der Waals surface area (Å²) >= 11 is 0. The van der Waals surface area contributed by atoms with E-state index in [4.69, 9.17) is 0 Å². The zero-order chi connectivity index (χ0) is 9.73. The van der Waals surface area contributed by atoms with Gasteiger partial charge in [-0.15, -0.1) is 0 Å². The van der Waals surface area contributed by atoms with Gasteiger partial charge in [-0.2, -0.15) is 0 Å². The van der Waals surface area contributed by atoms with Crippen LogP contribution in [-0.4, -0.2) is 23.8 Å². The summed E-state index contributed by atoms with van der Waals surface area (Å²) in [4.78, 5) is 0. The van der Waals surface area contributed by atoms with Crippen molar-refractivity contribution in [2.45, 2.75) is 44.6 Å². The van der Waals surface area contributed by atoms with E-state index in [2.05, 4.69) is 18.8 Å². The molecule has 0 unspecified atom stereocenters. The molecule has 0 spiro atoms. The van der Waals surface area contributed by atoms with Crippen molar-refractivity contribution < 1.29 is 5.11 Å². The first-order valence-electron chi connectivity index (χ1n) is 5.26. The quantitative estimate of drug-likeness (QED) is 0.637. The van der Waals surface area contributed by atoms with Crippen LogP contribution in [0.4, 0.5) is 0 Å². The molecule has 13 heavy (non-hydrogen) atoms. The number of aliphatic hydroxyl groups is 1. The van der Waals surface area contributed by atoms with Gasteiger partial charge in [-0.1, -0.05) is 31.9 Å². The average Bonchev–Trinajstić information content (AvgIpc) is 2.52. The molecule has 0 bridgehead atoms. The van der Waals surface area contributed by atoms with Crippen LogP contribution in [0, 0.1) is 0 Å². The highest BCUT2D eigenvalue weighted by molar-refractivity contribution is 4.96. The molecule has 0 saturated heterocycles. The third-order valence-corrected chi connectivity index (χ3v) is 2.86. The lowest BCUT2D eigenvalue weighted by molar-refractivity contribution is 0.0486. The Balaban J connectivity index is 2.14. The Morgan fingerprint density at radius 2 is 2.08 bits per heavy atom. The van der Waals surface area contributed by atoms with Crippen LogP contribution in [0.1, 0.15) is 39.0 Å². The summed E-state index contributed by atoms with van der Waals surface area (Å²) in [5.41, 5.74) is 0.787. The van der Waals surface area contributed by atoms with E-state index in [0.29, 0.717) is 0 Å². The van der Waals surface area contributed by atoms with Crippen molar-refractivity contribution in [3.63, 3.8) is 0 Å². The van der Waals surface area contributed by atoms with E-state index >= 15 is 0 Å². The minimum atomic E-state index is -0.423. The number of nitrogens with one attached hydrogen (secondary N) is 1. The molecule has 0 aromatic rings. The van der Waals surface area contributed by atoms with Gasteiger partial charge in [-0.05, 0) is 19.3 Å². The maximum atomic E-state index is 9.98. The van der Waals surface area contributed by atoms with Gasteiger partial charge in [0.05, 0.1) is 5.60 Å². The molecule has 2 nitrogen and oxygen atoms in total. The summed E-state index contributed by atoms with van der Waals surface area (Å²) in [6, 6.07) is 0. The molecule has 0 aliphatic heterocycles. The number of hydrogen-bond acceptors (Lipinski definition) is 2. The summed E-state index contributed by atoms with van der Waals surface area (Å²) < 4.78 is 0. The Kier molecular flexibility index (Phi) is 3.94. The molecule has 1 aliphatic rings. The highest BCUT2D eigenvalue weighted by Gasteiger charge is 2.30. The average molecular weight is 183 g/mol. The van der Waals surface area contributed by atoms with E-state index in [9.17, 15) is 5.11 Å². The van der Waals surface area contributed by atoms with Crippen LogP contribution >= 0.6 is 0 Å². The number of hydrogen-bond donors (Lipinski definition) is 2. The first-order chi connectivity index (χ1) is 6.16. The lowest BCUT2D eigenvalue weighted by atomic mass is 10.0. The molecule has 0 radical (unpaired) electrons. The fourth-order valence-electron chi connectivity index (χ4n) is 1.81. The zero-order valence-electron chi connectivity index (χ0n) is 8.60.